The van der Waals surface area contributed by atoms with Crippen LogP contribution in [0.4, 0.5) is 8.78 Å². The second-order valence-electron chi connectivity index (χ2n) is 7.11. The molecular formula is C19H22F2N4OS2. The standard InChI is InChI=1S/C19H22F2N4OS2/c1-3-4-7-25(11-5-6-13-14(8-11)27-10-22-13)18(26)15-9-12-16(17(20)21)23-24(2)19(12)28-15/h9-11,17H,3-8H2,1-2H3. The van der Waals surface area contributed by atoms with Gasteiger partial charge in [-0.2, -0.15) is 5.10 Å². The monoisotopic (exact) mass is 424 g/mol. The van der Waals surface area contributed by atoms with Gasteiger partial charge in [-0.05, 0) is 25.3 Å². The molecule has 9 heteroatoms. The van der Waals surface area contributed by atoms with E-state index in [1.807, 2.05) is 10.4 Å². The highest BCUT2D eigenvalue weighted by atomic mass is 32.1. The van der Waals surface area contributed by atoms with Crippen LogP contribution in [-0.2, 0) is 19.9 Å². The molecule has 1 aliphatic carbocycles. The SMILES string of the molecule is CCCCN(C(=O)c1cc2c(C(F)F)nn(C)c2s1)C1CCc2ncsc2C1. The summed E-state index contributed by atoms with van der Waals surface area (Å²) in [5.74, 6) is -0.0622. The molecule has 1 unspecified atom stereocenters. The van der Waals surface area contributed by atoms with Crippen LogP contribution in [-0.4, -0.2) is 38.2 Å². The van der Waals surface area contributed by atoms with E-state index in [9.17, 15) is 13.6 Å². The minimum absolute atomic E-state index is 0.0622. The molecule has 1 atom stereocenters. The summed E-state index contributed by atoms with van der Waals surface area (Å²) >= 11 is 2.90. The second kappa shape index (κ2) is 7.87. The lowest BCUT2D eigenvalue weighted by Crippen LogP contribution is -2.43. The topological polar surface area (TPSA) is 51.0 Å². The van der Waals surface area contributed by atoms with Crippen LogP contribution in [0.2, 0.25) is 0 Å². The van der Waals surface area contributed by atoms with Crippen molar-refractivity contribution in [1.82, 2.24) is 19.7 Å². The van der Waals surface area contributed by atoms with Gasteiger partial charge in [0, 0.05) is 36.3 Å². The lowest BCUT2D eigenvalue weighted by molar-refractivity contribution is 0.0664. The number of rotatable bonds is 6. The molecule has 0 radical (unpaired) electrons. The number of unbranched alkanes of at least 4 members (excludes halogenated alkanes) is 1. The average molecular weight is 425 g/mol. The number of nitrogens with zero attached hydrogens (tertiary/aromatic N) is 4. The number of halogens is 2. The predicted octanol–water partition coefficient (Wildman–Crippen LogP) is 4.83. The first-order valence-electron chi connectivity index (χ1n) is 9.46. The molecule has 0 saturated heterocycles. The molecule has 4 rings (SSSR count). The third kappa shape index (κ3) is 3.45. The smallest absolute Gasteiger partial charge is 0.282 e. The van der Waals surface area contributed by atoms with Crippen LogP contribution >= 0.6 is 22.7 Å². The summed E-state index contributed by atoms with van der Waals surface area (Å²) in [4.78, 5) is 22.1. The molecule has 1 amide bonds. The number of hydrogen-bond donors (Lipinski definition) is 0. The molecule has 0 aromatic carbocycles. The number of aromatic nitrogens is 3. The third-order valence-corrected chi connectivity index (χ3v) is 7.36. The lowest BCUT2D eigenvalue weighted by Gasteiger charge is -2.33. The van der Waals surface area contributed by atoms with Crippen molar-refractivity contribution in [3.8, 4) is 0 Å². The van der Waals surface area contributed by atoms with E-state index in [1.54, 1.807) is 24.5 Å². The minimum Gasteiger partial charge on any atom is -0.335 e. The van der Waals surface area contributed by atoms with Crippen molar-refractivity contribution in [3.05, 3.63) is 32.7 Å². The Morgan fingerprint density at radius 3 is 3.04 bits per heavy atom. The van der Waals surface area contributed by atoms with Gasteiger partial charge < -0.3 is 4.90 Å². The maximum Gasteiger partial charge on any atom is 0.282 e. The van der Waals surface area contributed by atoms with E-state index in [-0.39, 0.29) is 17.6 Å². The fraction of sp³-hybridized carbons (Fsp3) is 0.526. The zero-order valence-corrected chi connectivity index (χ0v) is 17.5. The second-order valence-corrected chi connectivity index (χ2v) is 9.08. The van der Waals surface area contributed by atoms with Crippen molar-refractivity contribution < 1.29 is 13.6 Å². The number of aryl methyl sites for hydroxylation is 2. The van der Waals surface area contributed by atoms with Crippen molar-refractivity contribution in [1.29, 1.82) is 0 Å². The van der Waals surface area contributed by atoms with Crippen LogP contribution in [0.1, 0.15) is 58.5 Å². The van der Waals surface area contributed by atoms with Crippen molar-refractivity contribution in [2.75, 3.05) is 6.54 Å². The van der Waals surface area contributed by atoms with Gasteiger partial charge >= 0.3 is 0 Å². The summed E-state index contributed by atoms with van der Waals surface area (Å²) in [6.07, 6.45) is 1.86. The predicted molar refractivity (Wildman–Crippen MR) is 107 cm³/mol. The van der Waals surface area contributed by atoms with Crippen LogP contribution in [0.15, 0.2) is 11.6 Å². The van der Waals surface area contributed by atoms with Gasteiger partial charge in [-0.15, -0.1) is 22.7 Å². The number of fused-ring (bicyclic) bond motifs is 2. The Morgan fingerprint density at radius 1 is 1.46 bits per heavy atom. The van der Waals surface area contributed by atoms with E-state index >= 15 is 0 Å². The Morgan fingerprint density at radius 2 is 2.29 bits per heavy atom. The Kier molecular flexibility index (Phi) is 5.46. The Balaban J connectivity index is 1.64. The quantitative estimate of drug-likeness (QED) is 0.570. The fourth-order valence-electron chi connectivity index (χ4n) is 3.80. The average Bonchev–Trinajstić information content (AvgIpc) is 3.37. The van der Waals surface area contributed by atoms with E-state index in [4.69, 9.17) is 0 Å². The molecule has 0 fully saturated rings. The number of thiazole rings is 1. The van der Waals surface area contributed by atoms with Gasteiger partial charge in [-0.3, -0.25) is 9.48 Å². The molecule has 0 spiro atoms. The highest BCUT2D eigenvalue weighted by molar-refractivity contribution is 7.20. The highest BCUT2D eigenvalue weighted by Gasteiger charge is 2.31. The first kappa shape index (κ1) is 19.4. The molecular weight excluding hydrogens is 402 g/mol. The van der Waals surface area contributed by atoms with Gasteiger partial charge in [-0.25, -0.2) is 13.8 Å². The maximum absolute atomic E-state index is 13.4. The highest BCUT2D eigenvalue weighted by Crippen LogP contribution is 2.34. The van der Waals surface area contributed by atoms with E-state index in [0.29, 0.717) is 21.6 Å². The van der Waals surface area contributed by atoms with Crippen LogP contribution in [0.5, 0.6) is 0 Å². The molecule has 3 aromatic heterocycles. The summed E-state index contributed by atoms with van der Waals surface area (Å²) in [5.41, 5.74) is 2.77. The summed E-state index contributed by atoms with van der Waals surface area (Å²) in [6, 6.07) is 1.72. The Bertz CT molecular complexity index is 994. The van der Waals surface area contributed by atoms with Crippen LogP contribution in [0.25, 0.3) is 10.2 Å². The number of amides is 1. The van der Waals surface area contributed by atoms with E-state index in [2.05, 4.69) is 17.0 Å². The first-order chi connectivity index (χ1) is 13.5. The molecule has 0 bridgehead atoms. The first-order valence-corrected chi connectivity index (χ1v) is 11.2. The van der Waals surface area contributed by atoms with Gasteiger partial charge in [0.2, 0.25) is 0 Å². The molecule has 3 heterocycles. The lowest BCUT2D eigenvalue weighted by atomic mass is 9.95. The Hall–Kier alpha value is -1.87. The molecule has 0 aliphatic heterocycles. The summed E-state index contributed by atoms with van der Waals surface area (Å²) in [6.45, 7) is 2.78. The molecule has 0 N–H and O–H groups in total. The van der Waals surface area contributed by atoms with Gasteiger partial charge in [0.25, 0.3) is 12.3 Å². The van der Waals surface area contributed by atoms with Crippen LogP contribution < -0.4 is 0 Å². The van der Waals surface area contributed by atoms with Crippen LogP contribution in [0.3, 0.4) is 0 Å². The van der Waals surface area contributed by atoms with Crippen molar-refractivity contribution in [3.63, 3.8) is 0 Å². The molecule has 150 valence electrons. The fourth-order valence-corrected chi connectivity index (χ4v) is 5.72. The van der Waals surface area contributed by atoms with Crippen LogP contribution in [0, 0.1) is 0 Å². The van der Waals surface area contributed by atoms with Gasteiger partial charge in [0.1, 0.15) is 10.5 Å². The normalized spacial score (nSPS) is 16.7. The summed E-state index contributed by atoms with van der Waals surface area (Å²) < 4.78 is 28.0. The molecule has 5 nitrogen and oxygen atoms in total. The Labute approximate surface area is 170 Å². The number of carbonyl (C=O) groups excluding carboxylic acids is 1. The third-order valence-electron chi connectivity index (χ3n) is 5.27. The molecule has 1 aliphatic rings. The molecule has 3 aromatic rings. The number of carbonyl (C=O) groups is 1. The zero-order chi connectivity index (χ0) is 19.8. The van der Waals surface area contributed by atoms with E-state index < -0.39 is 6.43 Å². The summed E-state index contributed by atoms with van der Waals surface area (Å²) in [7, 11) is 1.64. The van der Waals surface area contributed by atoms with Gasteiger partial charge in [-0.1, -0.05) is 13.3 Å². The van der Waals surface area contributed by atoms with Crippen molar-refractivity contribution in [2.24, 2.45) is 7.05 Å². The largest absolute Gasteiger partial charge is 0.335 e. The zero-order valence-electron chi connectivity index (χ0n) is 15.8. The number of alkyl halides is 2. The van der Waals surface area contributed by atoms with Gasteiger partial charge in [0.15, 0.2) is 0 Å². The number of thiophene rings is 1. The van der Waals surface area contributed by atoms with Crippen molar-refractivity contribution >= 4 is 38.8 Å². The van der Waals surface area contributed by atoms with E-state index in [0.717, 1.165) is 37.8 Å². The molecule has 0 saturated carbocycles. The maximum atomic E-state index is 13.4. The van der Waals surface area contributed by atoms with Gasteiger partial charge in [0.05, 0.1) is 16.1 Å². The number of hydrogen-bond acceptors (Lipinski definition) is 5. The molecule has 28 heavy (non-hydrogen) atoms. The van der Waals surface area contributed by atoms with Crippen molar-refractivity contribution in [2.45, 2.75) is 51.5 Å². The van der Waals surface area contributed by atoms with E-state index in [1.165, 1.54) is 20.9 Å². The summed E-state index contributed by atoms with van der Waals surface area (Å²) in [5, 5.41) is 4.28. The minimum atomic E-state index is -2.65.